The summed E-state index contributed by atoms with van der Waals surface area (Å²) in [5, 5.41) is 0. The van der Waals surface area contributed by atoms with Crippen LogP contribution in [-0.4, -0.2) is 34.9 Å². The molecule has 2 heterocycles. The number of hydrazine groups is 1. The topological polar surface area (TPSA) is 87.2 Å². The average Bonchev–Trinajstić information content (AvgIpc) is 2.68. The first-order chi connectivity index (χ1) is 12.2. The maximum absolute atomic E-state index is 12.3. The predicted octanol–water partition coefficient (Wildman–Crippen LogP) is 1.08. The number of nitrogens with one attached hydrogen (secondary N) is 2. The van der Waals surface area contributed by atoms with E-state index in [2.05, 4.69) is 20.8 Å². The Balaban J connectivity index is 1.48. The van der Waals surface area contributed by atoms with E-state index in [1.807, 2.05) is 35.2 Å². The quantitative estimate of drug-likeness (QED) is 0.814. The SMILES string of the molecule is O=C(Cc1ccccc1)NNC(=O)[C@@H]1CCCN(c2ncccn2)C1. The summed E-state index contributed by atoms with van der Waals surface area (Å²) >= 11 is 0. The Kier molecular flexibility index (Phi) is 5.56. The van der Waals surface area contributed by atoms with Gasteiger partial charge in [0, 0.05) is 25.5 Å². The standard InChI is InChI=1S/C18H21N5O2/c24-16(12-14-6-2-1-3-7-14)21-22-17(25)15-8-4-11-23(13-15)18-19-9-5-10-20-18/h1-3,5-7,9-10,15H,4,8,11-13H2,(H,21,24)(H,22,25)/t15-/m1/s1. The van der Waals surface area contributed by atoms with Crippen molar-refractivity contribution in [2.45, 2.75) is 19.3 Å². The summed E-state index contributed by atoms with van der Waals surface area (Å²) in [6, 6.07) is 11.2. The lowest BCUT2D eigenvalue weighted by molar-refractivity contribution is -0.131. The summed E-state index contributed by atoms with van der Waals surface area (Å²) in [5.41, 5.74) is 5.94. The molecule has 2 amide bonds. The maximum Gasteiger partial charge on any atom is 0.243 e. The number of carbonyl (C=O) groups is 2. The van der Waals surface area contributed by atoms with E-state index in [4.69, 9.17) is 0 Å². The van der Waals surface area contributed by atoms with E-state index in [9.17, 15) is 9.59 Å². The second kappa shape index (κ2) is 8.23. The Morgan fingerprint density at radius 1 is 1.08 bits per heavy atom. The van der Waals surface area contributed by atoms with Crippen molar-refractivity contribution in [2.24, 2.45) is 5.92 Å². The van der Waals surface area contributed by atoms with Gasteiger partial charge < -0.3 is 4.90 Å². The van der Waals surface area contributed by atoms with Gasteiger partial charge in [-0.05, 0) is 24.5 Å². The van der Waals surface area contributed by atoms with Gasteiger partial charge in [0.05, 0.1) is 12.3 Å². The molecule has 1 fully saturated rings. The average molecular weight is 339 g/mol. The molecule has 0 saturated carbocycles. The molecule has 3 rings (SSSR count). The third-order valence-corrected chi connectivity index (χ3v) is 4.16. The first-order valence-corrected chi connectivity index (χ1v) is 8.37. The molecule has 1 aliphatic heterocycles. The molecule has 1 aliphatic rings. The summed E-state index contributed by atoms with van der Waals surface area (Å²) in [6.07, 6.45) is 5.28. The van der Waals surface area contributed by atoms with Gasteiger partial charge in [0.15, 0.2) is 0 Å². The van der Waals surface area contributed by atoms with Gasteiger partial charge >= 0.3 is 0 Å². The minimum Gasteiger partial charge on any atom is -0.340 e. The van der Waals surface area contributed by atoms with Crippen LogP contribution in [-0.2, 0) is 16.0 Å². The van der Waals surface area contributed by atoms with Crippen LogP contribution in [0.4, 0.5) is 5.95 Å². The lowest BCUT2D eigenvalue weighted by Gasteiger charge is -2.31. The largest absolute Gasteiger partial charge is 0.340 e. The Hall–Kier alpha value is -2.96. The first-order valence-electron chi connectivity index (χ1n) is 8.37. The number of carbonyl (C=O) groups excluding carboxylic acids is 2. The van der Waals surface area contributed by atoms with Crippen molar-refractivity contribution in [3.8, 4) is 0 Å². The summed E-state index contributed by atoms with van der Waals surface area (Å²) in [6.45, 7) is 1.37. The second-order valence-corrected chi connectivity index (χ2v) is 6.03. The number of benzene rings is 1. The van der Waals surface area contributed by atoms with Gasteiger partial charge in [-0.2, -0.15) is 0 Å². The molecule has 0 spiro atoms. The molecule has 0 radical (unpaired) electrons. The van der Waals surface area contributed by atoms with E-state index in [1.54, 1.807) is 18.5 Å². The van der Waals surface area contributed by atoms with Crippen LogP contribution < -0.4 is 15.8 Å². The third-order valence-electron chi connectivity index (χ3n) is 4.16. The fourth-order valence-corrected chi connectivity index (χ4v) is 2.89. The highest BCUT2D eigenvalue weighted by atomic mass is 16.2. The summed E-state index contributed by atoms with van der Waals surface area (Å²) in [4.78, 5) is 34.7. The maximum atomic E-state index is 12.3. The Morgan fingerprint density at radius 2 is 1.84 bits per heavy atom. The number of amides is 2. The molecular formula is C18H21N5O2. The minimum atomic E-state index is -0.237. The fraction of sp³-hybridized carbons (Fsp3) is 0.333. The van der Waals surface area contributed by atoms with E-state index < -0.39 is 0 Å². The molecule has 0 unspecified atom stereocenters. The zero-order chi connectivity index (χ0) is 17.5. The van der Waals surface area contributed by atoms with Crippen LogP contribution in [0.3, 0.4) is 0 Å². The van der Waals surface area contributed by atoms with Crippen LogP contribution in [0.25, 0.3) is 0 Å². The van der Waals surface area contributed by atoms with Crippen LogP contribution >= 0.6 is 0 Å². The Labute approximate surface area is 146 Å². The van der Waals surface area contributed by atoms with Crippen LogP contribution in [0.2, 0.25) is 0 Å². The highest BCUT2D eigenvalue weighted by Gasteiger charge is 2.27. The Bertz CT molecular complexity index is 708. The monoisotopic (exact) mass is 339 g/mol. The lowest BCUT2D eigenvalue weighted by atomic mass is 9.98. The molecule has 1 atom stereocenters. The van der Waals surface area contributed by atoms with Crippen molar-refractivity contribution in [2.75, 3.05) is 18.0 Å². The molecule has 130 valence electrons. The smallest absolute Gasteiger partial charge is 0.243 e. The molecular weight excluding hydrogens is 318 g/mol. The highest BCUT2D eigenvalue weighted by Crippen LogP contribution is 2.19. The van der Waals surface area contributed by atoms with Crippen molar-refractivity contribution in [3.63, 3.8) is 0 Å². The molecule has 7 nitrogen and oxygen atoms in total. The predicted molar refractivity (Wildman–Crippen MR) is 93.4 cm³/mol. The molecule has 7 heteroatoms. The molecule has 1 aromatic heterocycles. The van der Waals surface area contributed by atoms with Crippen molar-refractivity contribution >= 4 is 17.8 Å². The molecule has 1 saturated heterocycles. The lowest BCUT2D eigenvalue weighted by Crippen LogP contribution is -2.49. The molecule has 0 bridgehead atoms. The Morgan fingerprint density at radius 3 is 2.60 bits per heavy atom. The van der Waals surface area contributed by atoms with Gasteiger partial charge in [-0.3, -0.25) is 20.4 Å². The molecule has 2 N–H and O–H groups in total. The van der Waals surface area contributed by atoms with Crippen molar-refractivity contribution < 1.29 is 9.59 Å². The number of rotatable bonds is 4. The molecule has 25 heavy (non-hydrogen) atoms. The van der Waals surface area contributed by atoms with Crippen molar-refractivity contribution in [1.29, 1.82) is 0 Å². The zero-order valence-corrected chi connectivity index (χ0v) is 13.9. The van der Waals surface area contributed by atoms with Gasteiger partial charge in [0.1, 0.15) is 0 Å². The fourth-order valence-electron chi connectivity index (χ4n) is 2.89. The van der Waals surface area contributed by atoms with Crippen molar-refractivity contribution in [1.82, 2.24) is 20.8 Å². The van der Waals surface area contributed by atoms with E-state index in [1.165, 1.54) is 0 Å². The molecule has 0 aliphatic carbocycles. The van der Waals surface area contributed by atoms with Gasteiger partial charge in [0.25, 0.3) is 0 Å². The molecule has 1 aromatic carbocycles. The number of piperidine rings is 1. The number of hydrogen-bond acceptors (Lipinski definition) is 5. The summed E-state index contributed by atoms with van der Waals surface area (Å²) in [7, 11) is 0. The second-order valence-electron chi connectivity index (χ2n) is 6.03. The molecule has 2 aromatic rings. The number of anilines is 1. The highest BCUT2D eigenvalue weighted by molar-refractivity contribution is 5.84. The van der Waals surface area contributed by atoms with Gasteiger partial charge in [0.2, 0.25) is 17.8 Å². The van der Waals surface area contributed by atoms with Crippen LogP contribution in [0, 0.1) is 5.92 Å². The van der Waals surface area contributed by atoms with Gasteiger partial charge in [-0.25, -0.2) is 9.97 Å². The normalized spacial score (nSPS) is 17.0. The number of nitrogens with zero attached hydrogens (tertiary/aromatic N) is 3. The zero-order valence-electron chi connectivity index (χ0n) is 13.9. The minimum absolute atomic E-state index is 0.179. The summed E-state index contributed by atoms with van der Waals surface area (Å²) in [5.74, 6) is 0.0170. The number of aromatic nitrogens is 2. The van der Waals surface area contributed by atoms with E-state index >= 15 is 0 Å². The van der Waals surface area contributed by atoms with Crippen molar-refractivity contribution in [3.05, 3.63) is 54.4 Å². The van der Waals surface area contributed by atoms with Crippen LogP contribution in [0.1, 0.15) is 18.4 Å². The summed E-state index contributed by atoms with van der Waals surface area (Å²) < 4.78 is 0. The van der Waals surface area contributed by atoms with Crippen LogP contribution in [0.15, 0.2) is 48.8 Å². The van der Waals surface area contributed by atoms with Crippen LogP contribution in [0.5, 0.6) is 0 Å². The third kappa shape index (κ3) is 4.76. The van der Waals surface area contributed by atoms with E-state index in [0.29, 0.717) is 12.5 Å². The number of hydrogen-bond donors (Lipinski definition) is 2. The van der Waals surface area contributed by atoms with Gasteiger partial charge in [-0.15, -0.1) is 0 Å². The first kappa shape index (κ1) is 16.9. The van der Waals surface area contributed by atoms with E-state index in [0.717, 1.165) is 24.9 Å². The van der Waals surface area contributed by atoms with E-state index in [-0.39, 0.29) is 24.2 Å². The van der Waals surface area contributed by atoms with Gasteiger partial charge in [-0.1, -0.05) is 30.3 Å².